The van der Waals surface area contributed by atoms with E-state index < -0.39 is 52.6 Å². The Hall–Kier alpha value is -4.41. The number of nitriles is 1. The third-order valence-corrected chi connectivity index (χ3v) is 9.11. The van der Waals surface area contributed by atoms with Crippen molar-refractivity contribution in [3.8, 4) is 6.07 Å². The summed E-state index contributed by atoms with van der Waals surface area (Å²) in [4.78, 5) is 35.0. The third kappa shape index (κ3) is 5.43. The number of carbonyl (C=O) groups excluding carboxylic acids is 1. The summed E-state index contributed by atoms with van der Waals surface area (Å²) in [5.41, 5.74) is 3.98. The Labute approximate surface area is 274 Å². The van der Waals surface area contributed by atoms with Gasteiger partial charge in [-0.05, 0) is 56.7 Å². The summed E-state index contributed by atoms with van der Waals surface area (Å²) in [6.07, 6.45) is 1.91. The van der Waals surface area contributed by atoms with Crippen molar-refractivity contribution in [1.82, 2.24) is 19.8 Å². The van der Waals surface area contributed by atoms with E-state index in [0.717, 1.165) is 0 Å². The third-order valence-electron chi connectivity index (χ3n) is 8.82. The highest BCUT2D eigenvalue weighted by Crippen LogP contribution is 2.43. The van der Waals surface area contributed by atoms with E-state index in [2.05, 4.69) is 16.9 Å². The zero-order valence-electron chi connectivity index (χ0n) is 26.4. The minimum absolute atomic E-state index is 0.0894. The Balaban J connectivity index is 1.90. The summed E-state index contributed by atoms with van der Waals surface area (Å²) in [6, 6.07) is -0.0293. The molecule has 1 fully saturated rings. The normalized spacial score (nSPS) is 25.1. The molecule has 47 heavy (non-hydrogen) atoms. The van der Waals surface area contributed by atoms with Gasteiger partial charge in [-0.25, -0.2) is 22.5 Å². The lowest BCUT2D eigenvalue weighted by molar-refractivity contribution is -0.130. The summed E-state index contributed by atoms with van der Waals surface area (Å²) >= 11 is 6.63. The van der Waals surface area contributed by atoms with Crippen molar-refractivity contribution in [2.24, 2.45) is 11.7 Å². The second-order valence-corrected chi connectivity index (χ2v) is 12.7. The molecule has 0 bridgehead atoms. The minimum Gasteiger partial charge on any atom is -0.382 e. The van der Waals surface area contributed by atoms with Crippen LogP contribution in [0.1, 0.15) is 45.9 Å². The van der Waals surface area contributed by atoms with Crippen LogP contribution in [0.25, 0.3) is 22.3 Å². The standard InChI is InChI=1S/C33H34ClF4N7O2/c1-7-21(46)44-16(5)12-43(13-17(44)6)31-18-10-20(34)29(22-23(35)25(37)26(38)27(40)24(22)36)42-32(18)45(33(47)19(31)11-39)30-15(4)8-9-41-28(30)14(2)3/h7-10,14,16-17,26-28,41H,1,12-13,40H2,2-6H3/t16-,17+,26?,27?,28?. The van der Waals surface area contributed by atoms with E-state index in [1.54, 1.807) is 29.0 Å². The number of alkyl halides is 1. The fourth-order valence-corrected chi connectivity index (χ4v) is 6.91. The summed E-state index contributed by atoms with van der Waals surface area (Å²) in [5, 5.41) is 13.5. The van der Waals surface area contributed by atoms with E-state index in [0.29, 0.717) is 11.3 Å². The van der Waals surface area contributed by atoms with Gasteiger partial charge in [0.15, 0.2) is 17.8 Å². The topological polar surface area (TPSA) is 120 Å². The van der Waals surface area contributed by atoms with E-state index in [-0.39, 0.29) is 64.3 Å². The van der Waals surface area contributed by atoms with Crippen LogP contribution < -0.4 is 21.5 Å². The number of pyridine rings is 2. The van der Waals surface area contributed by atoms with Gasteiger partial charge in [0.2, 0.25) is 5.91 Å². The van der Waals surface area contributed by atoms with Crippen LogP contribution >= 0.6 is 11.6 Å². The van der Waals surface area contributed by atoms with Gasteiger partial charge in [-0.15, -0.1) is 0 Å². The number of rotatable bonds is 5. The summed E-state index contributed by atoms with van der Waals surface area (Å²) in [6.45, 7) is 13.2. The number of aromatic nitrogens is 2. The lowest BCUT2D eigenvalue weighted by Gasteiger charge is -2.45. The molecule has 9 nitrogen and oxygen atoms in total. The molecule has 4 heterocycles. The quantitative estimate of drug-likeness (QED) is 0.322. The van der Waals surface area contributed by atoms with Crippen molar-refractivity contribution >= 4 is 45.5 Å². The molecule has 2 aromatic heterocycles. The highest BCUT2D eigenvalue weighted by molar-refractivity contribution is 6.33. The molecular weight excluding hydrogens is 638 g/mol. The monoisotopic (exact) mass is 671 g/mol. The number of amides is 1. The van der Waals surface area contributed by atoms with Crippen LogP contribution in [0.2, 0.25) is 5.02 Å². The van der Waals surface area contributed by atoms with Crippen LogP contribution in [0.4, 0.5) is 23.2 Å². The maximum Gasteiger partial charge on any atom is 0.276 e. The average Bonchev–Trinajstić information content (AvgIpc) is 3.02. The number of nitrogens with one attached hydrogen (secondary N) is 1. The molecule has 1 amide bonds. The van der Waals surface area contributed by atoms with Gasteiger partial charge in [0.25, 0.3) is 5.56 Å². The van der Waals surface area contributed by atoms with Crippen molar-refractivity contribution in [2.45, 2.75) is 65.0 Å². The first-order valence-electron chi connectivity index (χ1n) is 15.0. The Morgan fingerprint density at radius 2 is 1.87 bits per heavy atom. The largest absolute Gasteiger partial charge is 0.382 e. The van der Waals surface area contributed by atoms with Crippen LogP contribution in [0.5, 0.6) is 0 Å². The number of carbonyl (C=O) groups is 1. The number of dihydropyridines is 1. The van der Waals surface area contributed by atoms with Crippen molar-refractivity contribution in [1.29, 1.82) is 5.26 Å². The van der Waals surface area contributed by atoms with Crippen LogP contribution in [0.15, 0.2) is 58.8 Å². The van der Waals surface area contributed by atoms with Gasteiger partial charge in [0, 0.05) is 30.6 Å². The molecule has 3 aliphatic rings. The average molecular weight is 672 g/mol. The number of anilines is 1. The summed E-state index contributed by atoms with van der Waals surface area (Å²) in [5.74, 6) is -5.63. The van der Waals surface area contributed by atoms with Crippen molar-refractivity contribution in [3.63, 3.8) is 0 Å². The van der Waals surface area contributed by atoms with E-state index in [9.17, 15) is 23.6 Å². The molecule has 1 aliphatic carbocycles. The molecule has 0 spiro atoms. The van der Waals surface area contributed by atoms with Crippen LogP contribution in [0, 0.1) is 17.2 Å². The lowest BCUT2D eigenvalue weighted by Crippen LogP contribution is -2.58. The number of nitrogens with zero attached hydrogens (tertiary/aromatic N) is 5. The second-order valence-electron chi connectivity index (χ2n) is 12.3. The molecule has 3 N–H and O–H groups in total. The van der Waals surface area contributed by atoms with Gasteiger partial charge >= 0.3 is 0 Å². The van der Waals surface area contributed by atoms with Crippen molar-refractivity contribution in [2.75, 3.05) is 18.0 Å². The maximum absolute atomic E-state index is 15.4. The lowest BCUT2D eigenvalue weighted by atomic mass is 9.94. The first kappa shape index (κ1) is 33.9. The van der Waals surface area contributed by atoms with Crippen LogP contribution in [0.3, 0.4) is 0 Å². The predicted octanol–water partition coefficient (Wildman–Crippen LogP) is 5.42. The Morgan fingerprint density at radius 3 is 2.45 bits per heavy atom. The fraction of sp³-hybridized carbons (Fsp3) is 0.394. The molecule has 2 aromatic rings. The number of hydrogen-bond acceptors (Lipinski definition) is 7. The van der Waals surface area contributed by atoms with Gasteiger partial charge in [-0.3, -0.25) is 14.2 Å². The molecular formula is C33H34ClF4N7O2. The van der Waals surface area contributed by atoms with Gasteiger partial charge in [-0.2, -0.15) is 5.26 Å². The van der Waals surface area contributed by atoms with Gasteiger partial charge in [0.05, 0.1) is 39.8 Å². The summed E-state index contributed by atoms with van der Waals surface area (Å²) < 4.78 is 60.8. The van der Waals surface area contributed by atoms with E-state index >= 15 is 8.78 Å². The number of hydrogen-bond donors (Lipinski definition) is 2. The number of halogens is 5. The first-order valence-corrected chi connectivity index (χ1v) is 15.4. The molecule has 0 radical (unpaired) electrons. The van der Waals surface area contributed by atoms with E-state index in [4.69, 9.17) is 17.3 Å². The van der Waals surface area contributed by atoms with Gasteiger partial charge in [0.1, 0.15) is 23.1 Å². The van der Waals surface area contributed by atoms with Crippen LogP contribution in [-0.2, 0) is 4.79 Å². The molecule has 248 valence electrons. The molecule has 5 rings (SSSR count). The van der Waals surface area contributed by atoms with Crippen molar-refractivity contribution < 1.29 is 22.4 Å². The number of piperazine rings is 1. The Kier molecular flexibility index (Phi) is 9.14. The second kappa shape index (κ2) is 12.7. The number of allylic oxidation sites excluding steroid dienone is 4. The van der Waals surface area contributed by atoms with Gasteiger partial charge < -0.3 is 20.9 Å². The Bertz CT molecular complexity index is 1910. The fourth-order valence-electron chi connectivity index (χ4n) is 6.67. The highest BCUT2D eigenvalue weighted by Gasteiger charge is 2.41. The summed E-state index contributed by atoms with van der Waals surface area (Å²) in [7, 11) is 0. The molecule has 0 saturated carbocycles. The molecule has 5 atom stereocenters. The predicted molar refractivity (Wildman–Crippen MR) is 174 cm³/mol. The molecule has 0 aromatic carbocycles. The molecule has 2 aliphatic heterocycles. The first-order chi connectivity index (χ1) is 22.2. The molecule has 14 heteroatoms. The zero-order valence-corrected chi connectivity index (χ0v) is 27.2. The Morgan fingerprint density at radius 1 is 1.23 bits per heavy atom. The minimum atomic E-state index is -2.75. The highest BCUT2D eigenvalue weighted by atomic mass is 35.5. The molecule has 1 saturated heterocycles. The van der Waals surface area contributed by atoms with Crippen LogP contribution in [-0.4, -0.2) is 63.8 Å². The maximum atomic E-state index is 15.4. The number of nitrogens with two attached hydrogens (primary N) is 1. The van der Waals surface area contributed by atoms with Crippen molar-refractivity contribution in [3.05, 3.63) is 80.7 Å². The smallest absolute Gasteiger partial charge is 0.276 e. The SMILES string of the molecule is C=CC(=O)N1[C@H](C)CN(c2c(C#N)c(=O)n(C3=C(C)C=CNC3C(C)C)c3nc(C4=C(F)C(N)C(F)C(F)=C4F)c(Cl)cc23)C[C@@H]1C. The zero-order chi connectivity index (χ0) is 34.6. The van der Waals surface area contributed by atoms with E-state index in [1.165, 1.54) is 16.7 Å². The number of fused-ring (bicyclic) bond motifs is 1. The molecule has 3 unspecified atom stereocenters. The van der Waals surface area contributed by atoms with E-state index in [1.807, 2.05) is 33.8 Å². The van der Waals surface area contributed by atoms with Gasteiger partial charge in [-0.1, -0.05) is 32.0 Å².